The molecule has 0 amide bonds. The van der Waals surface area contributed by atoms with Gasteiger partial charge in [-0.2, -0.15) is 0 Å². The molecule has 156 valence electrons. The lowest BCUT2D eigenvalue weighted by Crippen LogP contribution is -2.10. The number of nitrogens with one attached hydrogen (secondary N) is 1. The summed E-state index contributed by atoms with van der Waals surface area (Å²) in [5.41, 5.74) is 1.74. The first-order valence-corrected chi connectivity index (χ1v) is 9.55. The van der Waals surface area contributed by atoms with Gasteiger partial charge in [0.15, 0.2) is 11.5 Å². The van der Waals surface area contributed by atoms with E-state index in [-0.39, 0.29) is 0 Å². The van der Waals surface area contributed by atoms with Crippen LogP contribution in [0.3, 0.4) is 0 Å². The maximum atomic E-state index is 6.05. The maximum Gasteiger partial charge on any atom is 0.230 e. The van der Waals surface area contributed by atoms with Crippen molar-refractivity contribution < 1.29 is 23.7 Å². The van der Waals surface area contributed by atoms with E-state index in [0.29, 0.717) is 55.1 Å². The van der Waals surface area contributed by atoms with Gasteiger partial charge in [0.1, 0.15) is 18.7 Å². The third-order valence-electron chi connectivity index (χ3n) is 4.54. The molecule has 2 heterocycles. The van der Waals surface area contributed by atoms with Gasteiger partial charge in [-0.1, -0.05) is 0 Å². The molecule has 4 rings (SSSR count). The molecule has 0 saturated carbocycles. The predicted octanol–water partition coefficient (Wildman–Crippen LogP) is 3.95. The fourth-order valence-electron chi connectivity index (χ4n) is 3.06. The van der Waals surface area contributed by atoms with Crippen molar-refractivity contribution in [2.45, 2.75) is 0 Å². The Morgan fingerprint density at radius 1 is 0.900 bits per heavy atom. The van der Waals surface area contributed by atoms with E-state index in [1.165, 1.54) is 6.33 Å². The van der Waals surface area contributed by atoms with Crippen LogP contribution in [0.4, 0.5) is 0 Å². The second-order valence-corrected chi connectivity index (χ2v) is 6.48. The van der Waals surface area contributed by atoms with Gasteiger partial charge < -0.3 is 28.7 Å². The molecule has 2 aromatic carbocycles. The highest BCUT2D eigenvalue weighted by molar-refractivity contribution is 5.87. The zero-order valence-electron chi connectivity index (χ0n) is 16.9. The first-order chi connectivity index (χ1) is 14.8. The summed E-state index contributed by atoms with van der Waals surface area (Å²) < 4.78 is 27.7. The van der Waals surface area contributed by atoms with E-state index < -0.39 is 0 Å². The lowest BCUT2D eigenvalue weighted by Gasteiger charge is -2.13. The van der Waals surface area contributed by atoms with E-state index in [4.69, 9.17) is 23.7 Å². The van der Waals surface area contributed by atoms with Gasteiger partial charge in [-0.05, 0) is 30.3 Å². The molecule has 0 radical (unpaired) electrons. The van der Waals surface area contributed by atoms with Crippen molar-refractivity contribution in [2.75, 3.05) is 40.6 Å². The van der Waals surface area contributed by atoms with Crippen molar-refractivity contribution in [3.05, 3.63) is 48.9 Å². The Hall–Kier alpha value is -3.36. The number of nitrogens with zero attached hydrogens (tertiary/aromatic N) is 2. The predicted molar refractivity (Wildman–Crippen MR) is 113 cm³/mol. The number of rotatable bonds is 10. The van der Waals surface area contributed by atoms with Gasteiger partial charge in [0.2, 0.25) is 5.88 Å². The second-order valence-electron chi connectivity index (χ2n) is 6.48. The minimum Gasteiger partial charge on any atom is -0.493 e. The molecular weight excluding hydrogens is 386 g/mol. The number of ether oxygens (including phenoxy) is 5. The Labute approximate surface area is 173 Å². The Kier molecular flexibility index (Phi) is 6.26. The van der Waals surface area contributed by atoms with Crippen LogP contribution in [-0.4, -0.2) is 55.6 Å². The van der Waals surface area contributed by atoms with Gasteiger partial charge in [0.05, 0.1) is 37.8 Å². The third kappa shape index (κ3) is 4.45. The van der Waals surface area contributed by atoms with Crippen molar-refractivity contribution in [3.63, 3.8) is 0 Å². The number of fused-ring (bicyclic) bond motifs is 2. The van der Waals surface area contributed by atoms with E-state index >= 15 is 0 Å². The van der Waals surface area contributed by atoms with E-state index in [9.17, 15) is 0 Å². The molecule has 0 unspecified atom stereocenters. The quantitative estimate of drug-likeness (QED) is 0.397. The molecule has 0 aliphatic carbocycles. The largest absolute Gasteiger partial charge is 0.493 e. The van der Waals surface area contributed by atoms with Crippen LogP contribution in [0.15, 0.2) is 48.9 Å². The molecule has 0 atom stereocenters. The van der Waals surface area contributed by atoms with Crippen LogP contribution in [0.2, 0.25) is 0 Å². The van der Waals surface area contributed by atoms with Crippen LogP contribution in [0.1, 0.15) is 0 Å². The highest BCUT2D eigenvalue weighted by Gasteiger charge is 2.13. The summed E-state index contributed by atoms with van der Waals surface area (Å²) in [6, 6.07) is 11.4. The Bertz CT molecular complexity index is 1130. The summed E-state index contributed by atoms with van der Waals surface area (Å²) >= 11 is 0. The van der Waals surface area contributed by atoms with Gasteiger partial charge >= 0.3 is 0 Å². The number of H-pyrrole nitrogens is 1. The highest BCUT2D eigenvalue weighted by atomic mass is 16.5. The molecule has 30 heavy (non-hydrogen) atoms. The van der Waals surface area contributed by atoms with Crippen LogP contribution < -0.4 is 14.2 Å². The highest BCUT2D eigenvalue weighted by Crippen LogP contribution is 2.36. The lowest BCUT2D eigenvalue weighted by atomic mass is 10.2. The fourth-order valence-corrected chi connectivity index (χ4v) is 3.06. The Balaban J connectivity index is 1.54. The second kappa shape index (κ2) is 9.43. The minimum atomic E-state index is 0.386. The van der Waals surface area contributed by atoms with Crippen molar-refractivity contribution in [3.8, 4) is 23.1 Å². The number of hydrogen-bond acceptors (Lipinski definition) is 7. The standard InChI is InChI=1S/C22H23N3O5/c1-26-7-8-28-9-10-29-21-13-19-17(12-20(21)27-2)22(25-14-24-19)30-16-3-4-18-15(11-16)5-6-23-18/h3-6,11-14,23H,7-10H2,1-2H3. The summed E-state index contributed by atoms with van der Waals surface area (Å²) in [6.45, 7) is 1.91. The van der Waals surface area contributed by atoms with E-state index in [0.717, 1.165) is 16.3 Å². The zero-order chi connectivity index (χ0) is 20.8. The van der Waals surface area contributed by atoms with Crippen molar-refractivity contribution in [2.24, 2.45) is 0 Å². The van der Waals surface area contributed by atoms with E-state index in [1.54, 1.807) is 14.2 Å². The van der Waals surface area contributed by atoms with Crippen LogP contribution in [-0.2, 0) is 9.47 Å². The van der Waals surface area contributed by atoms with Crippen LogP contribution >= 0.6 is 0 Å². The summed E-state index contributed by atoms with van der Waals surface area (Å²) in [5.74, 6) is 2.29. The molecule has 0 aliphatic heterocycles. The fraction of sp³-hybridized carbons (Fsp3) is 0.273. The number of aromatic nitrogens is 3. The monoisotopic (exact) mass is 409 g/mol. The van der Waals surface area contributed by atoms with Gasteiger partial charge in [-0.3, -0.25) is 0 Å². The zero-order valence-corrected chi connectivity index (χ0v) is 16.9. The van der Waals surface area contributed by atoms with Crippen LogP contribution in [0.25, 0.3) is 21.8 Å². The first-order valence-electron chi connectivity index (χ1n) is 9.55. The van der Waals surface area contributed by atoms with Gasteiger partial charge in [-0.15, -0.1) is 0 Å². The molecule has 0 spiro atoms. The summed E-state index contributed by atoms with van der Waals surface area (Å²) in [6.07, 6.45) is 3.36. The van der Waals surface area contributed by atoms with Crippen LogP contribution in [0, 0.1) is 0 Å². The molecule has 4 aromatic rings. The SMILES string of the molecule is COCCOCCOc1cc2ncnc(Oc3ccc4[nH]ccc4c3)c2cc1OC. The van der Waals surface area contributed by atoms with Gasteiger partial charge in [0, 0.05) is 30.3 Å². The molecule has 0 bridgehead atoms. The molecule has 1 N–H and O–H groups in total. The normalized spacial score (nSPS) is 11.1. The van der Waals surface area contributed by atoms with Crippen molar-refractivity contribution in [1.82, 2.24) is 15.0 Å². The molecule has 8 heteroatoms. The lowest BCUT2D eigenvalue weighted by molar-refractivity contribution is 0.0540. The maximum absolute atomic E-state index is 6.05. The van der Waals surface area contributed by atoms with E-state index in [2.05, 4.69) is 15.0 Å². The number of hydrogen-bond donors (Lipinski definition) is 1. The molecule has 0 saturated heterocycles. The molecule has 0 fully saturated rings. The van der Waals surface area contributed by atoms with Crippen LogP contribution in [0.5, 0.6) is 23.1 Å². The summed E-state index contributed by atoms with van der Waals surface area (Å²) in [4.78, 5) is 11.8. The molecule has 0 aliphatic rings. The number of benzene rings is 2. The van der Waals surface area contributed by atoms with Gasteiger partial charge in [0.25, 0.3) is 0 Å². The molecular formula is C22H23N3O5. The van der Waals surface area contributed by atoms with Crippen molar-refractivity contribution >= 4 is 21.8 Å². The smallest absolute Gasteiger partial charge is 0.230 e. The average molecular weight is 409 g/mol. The number of aromatic amines is 1. The third-order valence-corrected chi connectivity index (χ3v) is 4.54. The first kappa shape index (κ1) is 19.9. The number of methoxy groups -OCH3 is 2. The Morgan fingerprint density at radius 2 is 1.80 bits per heavy atom. The topological polar surface area (TPSA) is 87.7 Å². The summed E-state index contributed by atoms with van der Waals surface area (Å²) in [5, 5.41) is 1.79. The Morgan fingerprint density at radius 3 is 2.67 bits per heavy atom. The average Bonchev–Trinajstić information content (AvgIpc) is 3.24. The molecule has 2 aromatic heterocycles. The van der Waals surface area contributed by atoms with E-state index in [1.807, 2.05) is 42.6 Å². The minimum absolute atomic E-state index is 0.386. The van der Waals surface area contributed by atoms with Crippen molar-refractivity contribution in [1.29, 1.82) is 0 Å². The summed E-state index contributed by atoms with van der Waals surface area (Å²) in [7, 11) is 3.23. The molecule has 8 nitrogen and oxygen atoms in total. The van der Waals surface area contributed by atoms with Gasteiger partial charge in [-0.25, -0.2) is 9.97 Å².